The van der Waals surface area contributed by atoms with Crippen LogP contribution in [0, 0.1) is 29.1 Å². The van der Waals surface area contributed by atoms with E-state index in [2.05, 4.69) is 0 Å². The predicted molar refractivity (Wildman–Crippen MR) is 228 cm³/mol. The lowest BCUT2D eigenvalue weighted by Gasteiger charge is -2.26. The molecule has 7 rings (SSSR count). The van der Waals surface area contributed by atoms with Crippen molar-refractivity contribution in [2.75, 3.05) is 0 Å². The van der Waals surface area contributed by atoms with Gasteiger partial charge in [0.25, 0.3) is 0 Å². The lowest BCUT2D eigenvalue weighted by molar-refractivity contribution is -0.196. The number of hydrogen-bond donors (Lipinski definition) is 1. The Kier molecular flexibility index (Phi) is 12.0. The first kappa shape index (κ1) is 44.1. The van der Waals surface area contributed by atoms with Crippen molar-refractivity contribution in [3.05, 3.63) is 137 Å². The van der Waals surface area contributed by atoms with Gasteiger partial charge >= 0.3 is 17.9 Å². The predicted octanol–water partition coefficient (Wildman–Crippen LogP) is 11.3. The Bertz CT molecular complexity index is 2480. The average molecular weight is 933 g/mol. The average Bonchev–Trinajstić information content (AvgIpc) is 4.11. The molecule has 3 aliphatic carbocycles. The van der Waals surface area contributed by atoms with Crippen LogP contribution in [0.2, 0.25) is 30.1 Å². The number of esters is 2. The highest BCUT2D eigenvalue weighted by molar-refractivity contribution is 6.43. The number of hydrogen-bond acceptors (Lipinski definition) is 8. The highest BCUT2D eigenvalue weighted by Gasteiger charge is 2.68. The Morgan fingerprint density at radius 2 is 1.12 bits per heavy atom. The largest absolute Gasteiger partial charge is 0.481 e. The monoisotopic (exact) mass is 930 g/mol. The van der Waals surface area contributed by atoms with Gasteiger partial charge in [0.15, 0.2) is 17.3 Å². The number of halogens is 6. The number of carboxylic acid groups (broad SMARTS) is 1. The van der Waals surface area contributed by atoms with Crippen molar-refractivity contribution in [3.63, 3.8) is 0 Å². The SMILES string of the molecule is CC(C)(C)c1ccc([C@]2(C(=O)O[C@@H](CC3(C(=O)O)CC3C(=O)c3ccc(Cl)c(Cl)c3)OC(=O)[C@H]3C[C@@H]3C(=O)c3ccc(Cl)c(Cl)c3)C[C@@H]2C(=O)c2ccc(Cl)c(Cl)c2)cc1. The summed E-state index contributed by atoms with van der Waals surface area (Å²) in [5, 5.41) is 11.7. The van der Waals surface area contributed by atoms with Crippen LogP contribution < -0.4 is 0 Å². The molecule has 0 spiro atoms. The summed E-state index contributed by atoms with van der Waals surface area (Å²) in [5.74, 6) is -8.42. The maximum absolute atomic E-state index is 14.7. The first-order chi connectivity index (χ1) is 28.2. The van der Waals surface area contributed by atoms with Crippen LogP contribution in [0.5, 0.6) is 0 Å². The third-order valence-electron chi connectivity index (χ3n) is 11.8. The van der Waals surface area contributed by atoms with Gasteiger partial charge < -0.3 is 14.6 Å². The number of carboxylic acids is 1. The molecule has 3 saturated carbocycles. The molecule has 9 nitrogen and oxygen atoms in total. The van der Waals surface area contributed by atoms with Gasteiger partial charge in [0, 0.05) is 40.9 Å². The standard InChI is InChI=1S/C45H36Cl6O9/c1-43(2,3)24-7-9-25(10-8-24)45(19-29(45)39(54)23-6-13-32(48)35(51)16-23)42(58)60-36(59-40(55)27-17-26(27)37(52)21-4-11-30(46)33(49)14-21)20-44(41(56)57)18-28(44)38(53)22-5-12-31(47)34(50)15-22/h4-16,26-29,36H,17-20H2,1-3H3,(H,56,57)/t26-,27-,28?,29+,36-,44?,45+/m0/s1. The lowest BCUT2D eigenvalue weighted by atomic mass is 9.84. The fourth-order valence-corrected chi connectivity index (χ4v) is 8.76. The van der Waals surface area contributed by atoms with Crippen LogP contribution in [0.1, 0.15) is 88.7 Å². The Morgan fingerprint density at radius 3 is 1.58 bits per heavy atom. The summed E-state index contributed by atoms with van der Waals surface area (Å²) in [4.78, 5) is 82.6. The van der Waals surface area contributed by atoms with Crippen LogP contribution >= 0.6 is 69.6 Å². The van der Waals surface area contributed by atoms with E-state index in [0.717, 1.165) is 5.56 Å². The van der Waals surface area contributed by atoms with E-state index in [1.165, 1.54) is 54.6 Å². The number of carbonyl (C=O) groups excluding carboxylic acids is 5. The molecule has 0 radical (unpaired) electrons. The summed E-state index contributed by atoms with van der Waals surface area (Å²) in [6.07, 6.45) is -2.52. The molecular formula is C45H36Cl6O9. The van der Waals surface area contributed by atoms with Gasteiger partial charge in [0.1, 0.15) is 5.41 Å². The van der Waals surface area contributed by atoms with E-state index >= 15 is 0 Å². The van der Waals surface area contributed by atoms with Gasteiger partial charge in [-0.1, -0.05) is 115 Å². The van der Waals surface area contributed by atoms with Crippen LogP contribution in [-0.2, 0) is 34.7 Å². The third-order valence-corrected chi connectivity index (χ3v) is 14.0. The second kappa shape index (κ2) is 16.4. The molecule has 0 bridgehead atoms. The van der Waals surface area contributed by atoms with E-state index in [0.29, 0.717) is 5.56 Å². The minimum absolute atomic E-state index is 0.00576. The fourth-order valence-electron chi connectivity index (χ4n) is 7.86. The minimum Gasteiger partial charge on any atom is -0.481 e. The van der Waals surface area contributed by atoms with Crippen LogP contribution in [0.4, 0.5) is 0 Å². The molecule has 3 fully saturated rings. The van der Waals surface area contributed by atoms with Gasteiger partial charge in [0.05, 0.1) is 41.5 Å². The van der Waals surface area contributed by atoms with E-state index in [4.69, 9.17) is 79.1 Å². The van der Waals surface area contributed by atoms with Gasteiger partial charge in [-0.2, -0.15) is 0 Å². The van der Waals surface area contributed by atoms with Crippen molar-refractivity contribution in [2.45, 2.75) is 63.6 Å². The van der Waals surface area contributed by atoms with Crippen molar-refractivity contribution < 1.29 is 43.3 Å². The van der Waals surface area contributed by atoms with E-state index in [1.54, 1.807) is 12.1 Å². The number of aliphatic carboxylic acids is 1. The molecule has 15 heteroatoms. The second-order valence-electron chi connectivity index (χ2n) is 16.7. The smallest absolute Gasteiger partial charge is 0.320 e. The molecule has 0 aliphatic heterocycles. The molecule has 60 heavy (non-hydrogen) atoms. The zero-order valence-electron chi connectivity index (χ0n) is 32.2. The molecule has 1 N–H and O–H groups in total. The lowest BCUT2D eigenvalue weighted by Crippen LogP contribution is -2.37. The number of rotatable bonds is 14. The first-order valence-electron chi connectivity index (χ1n) is 18.9. The molecule has 4 aromatic carbocycles. The fraction of sp³-hybridized carbons (Fsp3) is 0.333. The molecule has 3 aliphatic rings. The molecule has 4 aromatic rings. The normalized spacial score (nSPS) is 24.5. The van der Waals surface area contributed by atoms with E-state index in [9.17, 15) is 33.9 Å². The maximum Gasteiger partial charge on any atom is 0.320 e. The van der Waals surface area contributed by atoms with Crippen molar-refractivity contribution in [1.82, 2.24) is 0 Å². The zero-order chi connectivity index (χ0) is 43.6. The third kappa shape index (κ3) is 8.46. The molecule has 7 atom stereocenters. The van der Waals surface area contributed by atoms with E-state index in [1.807, 2.05) is 32.9 Å². The number of benzene rings is 4. The highest BCUT2D eigenvalue weighted by Crippen LogP contribution is 2.60. The molecule has 0 aromatic heterocycles. The van der Waals surface area contributed by atoms with Crippen LogP contribution in [0.25, 0.3) is 0 Å². The molecule has 0 heterocycles. The highest BCUT2D eigenvalue weighted by atomic mass is 35.5. The maximum atomic E-state index is 14.7. The molecule has 2 unspecified atom stereocenters. The van der Waals surface area contributed by atoms with Gasteiger partial charge in [-0.15, -0.1) is 0 Å². The van der Waals surface area contributed by atoms with Crippen LogP contribution in [0.15, 0.2) is 78.9 Å². The number of ether oxygens (including phenoxy) is 2. The van der Waals surface area contributed by atoms with Gasteiger partial charge in [-0.05, 0) is 90.4 Å². The summed E-state index contributed by atoms with van der Waals surface area (Å²) in [6.45, 7) is 6.07. The Labute approximate surface area is 375 Å². The van der Waals surface area contributed by atoms with E-state index in [-0.39, 0.29) is 77.3 Å². The molecule has 0 saturated heterocycles. The number of ketones is 3. The first-order valence-corrected chi connectivity index (χ1v) is 21.2. The summed E-state index contributed by atoms with van der Waals surface area (Å²) in [7, 11) is 0. The van der Waals surface area contributed by atoms with Crippen LogP contribution in [-0.4, -0.2) is 46.7 Å². The Morgan fingerprint density at radius 1 is 0.633 bits per heavy atom. The molecular weight excluding hydrogens is 897 g/mol. The Balaban J connectivity index is 1.20. The zero-order valence-corrected chi connectivity index (χ0v) is 36.7. The number of Topliss-reactive ketones (excluding diaryl/α,β-unsaturated/α-hetero) is 3. The van der Waals surface area contributed by atoms with Crippen molar-refractivity contribution in [3.8, 4) is 0 Å². The second-order valence-corrected chi connectivity index (χ2v) is 19.1. The quantitative estimate of drug-likeness (QED) is 0.0743. The topological polar surface area (TPSA) is 141 Å². The summed E-state index contributed by atoms with van der Waals surface area (Å²) in [5.41, 5.74) is -1.69. The van der Waals surface area contributed by atoms with Crippen molar-refractivity contribution in [2.24, 2.45) is 29.1 Å². The summed E-state index contributed by atoms with van der Waals surface area (Å²) >= 11 is 36.8. The van der Waals surface area contributed by atoms with E-state index < -0.39 is 76.7 Å². The number of carbonyl (C=O) groups is 6. The Hall–Kier alpha value is -3.96. The van der Waals surface area contributed by atoms with Gasteiger partial charge in [0.2, 0.25) is 6.29 Å². The van der Waals surface area contributed by atoms with Gasteiger partial charge in [-0.3, -0.25) is 28.8 Å². The minimum atomic E-state index is -1.85. The van der Waals surface area contributed by atoms with Crippen molar-refractivity contribution >= 4 is 105 Å². The van der Waals surface area contributed by atoms with Gasteiger partial charge in [-0.25, -0.2) is 0 Å². The molecule has 312 valence electrons. The molecule has 0 amide bonds. The van der Waals surface area contributed by atoms with Crippen molar-refractivity contribution in [1.29, 1.82) is 0 Å². The summed E-state index contributed by atoms with van der Waals surface area (Å²) in [6, 6.07) is 20.1. The van der Waals surface area contributed by atoms with Crippen LogP contribution in [0.3, 0.4) is 0 Å². The summed E-state index contributed by atoms with van der Waals surface area (Å²) < 4.78 is 11.8.